The Balaban J connectivity index is 1.65. The number of nitrogens with two attached hydrogens (primary N) is 1. The third-order valence-corrected chi connectivity index (χ3v) is 9.73. The average molecular weight is 649 g/mol. The van der Waals surface area contributed by atoms with Gasteiger partial charge in [-0.1, -0.05) is 42.0 Å². The van der Waals surface area contributed by atoms with Crippen LogP contribution in [0, 0.1) is 6.92 Å². The molecule has 0 radical (unpaired) electrons. The van der Waals surface area contributed by atoms with Gasteiger partial charge < -0.3 is 20.4 Å². The fourth-order valence-corrected chi connectivity index (χ4v) is 7.19. The van der Waals surface area contributed by atoms with Gasteiger partial charge >= 0.3 is 0 Å². The number of primary amides is 1. The van der Waals surface area contributed by atoms with E-state index >= 15 is 0 Å². The molecular weight excluding hydrogens is 617 g/mol. The highest BCUT2D eigenvalue weighted by Crippen LogP contribution is 2.36. The first kappa shape index (κ1) is 31.5. The number of hydrogen-bond donors (Lipinski definition) is 2. The summed E-state index contributed by atoms with van der Waals surface area (Å²) in [4.78, 5) is 24.8. The standard InChI is InChI=1S/C32H32N4O7S2/c1-21-8-11-24(12-9-21)45(41,42)36-15-14-25-27(18-35(2)32(38)31(25)36)26-16-22(20-44(3,39)40)10-13-28(26)34-17-23-6-4-5-7-29(23)43-19-30(33)37/h4-16,18,34H,17,19-20H2,1-3H3,(H2,33,37). The van der Waals surface area contributed by atoms with Gasteiger partial charge in [0.15, 0.2) is 16.4 Å². The Hall–Kier alpha value is -4.88. The minimum Gasteiger partial charge on any atom is -0.483 e. The molecule has 0 aliphatic carbocycles. The largest absolute Gasteiger partial charge is 0.483 e. The van der Waals surface area contributed by atoms with Crippen molar-refractivity contribution < 1.29 is 26.4 Å². The maximum absolute atomic E-state index is 13.7. The maximum atomic E-state index is 13.7. The molecule has 0 unspecified atom stereocenters. The number of para-hydroxylation sites is 1. The molecule has 1 amide bonds. The van der Waals surface area contributed by atoms with Crippen LogP contribution in [0.25, 0.3) is 22.0 Å². The van der Waals surface area contributed by atoms with Gasteiger partial charge in [-0.2, -0.15) is 0 Å². The molecular formula is C32H32N4O7S2. The number of hydrogen-bond acceptors (Lipinski definition) is 8. The number of ether oxygens (including phenoxy) is 1. The van der Waals surface area contributed by atoms with Crippen LogP contribution in [0.2, 0.25) is 0 Å². The Morgan fingerprint density at radius 3 is 2.36 bits per heavy atom. The molecule has 234 valence electrons. The number of benzene rings is 3. The highest BCUT2D eigenvalue weighted by atomic mass is 32.2. The van der Waals surface area contributed by atoms with Gasteiger partial charge in [0.1, 0.15) is 11.3 Å². The predicted octanol–water partition coefficient (Wildman–Crippen LogP) is 3.57. The summed E-state index contributed by atoms with van der Waals surface area (Å²) in [5, 5.41) is 3.73. The van der Waals surface area contributed by atoms with E-state index in [2.05, 4.69) is 5.32 Å². The molecule has 0 bridgehead atoms. The highest BCUT2D eigenvalue weighted by molar-refractivity contribution is 7.90. The number of sulfone groups is 1. The van der Waals surface area contributed by atoms with Crippen molar-refractivity contribution in [2.24, 2.45) is 12.8 Å². The third-order valence-electron chi connectivity index (χ3n) is 7.18. The zero-order valence-corrected chi connectivity index (χ0v) is 26.5. The quantitative estimate of drug-likeness (QED) is 0.220. The summed E-state index contributed by atoms with van der Waals surface area (Å²) in [7, 11) is -5.97. The average Bonchev–Trinajstić information content (AvgIpc) is 3.44. The van der Waals surface area contributed by atoms with Crippen molar-refractivity contribution in [3.8, 4) is 16.9 Å². The second-order valence-corrected chi connectivity index (χ2v) is 14.8. The lowest BCUT2D eigenvalue weighted by Crippen LogP contribution is -2.22. The first-order chi connectivity index (χ1) is 21.2. The highest BCUT2D eigenvalue weighted by Gasteiger charge is 2.24. The Bertz CT molecular complexity index is 2200. The summed E-state index contributed by atoms with van der Waals surface area (Å²) in [5.41, 5.74) is 8.47. The summed E-state index contributed by atoms with van der Waals surface area (Å²) >= 11 is 0. The van der Waals surface area contributed by atoms with Gasteiger partial charge in [0.2, 0.25) is 0 Å². The Morgan fingerprint density at radius 1 is 0.956 bits per heavy atom. The minimum absolute atomic E-state index is 0.0350. The SMILES string of the molecule is Cc1ccc(S(=O)(=O)n2ccc3c(-c4cc(CS(C)(=O)=O)ccc4NCc4ccccc4OCC(N)=O)cn(C)c(=O)c32)cc1. The van der Waals surface area contributed by atoms with Crippen molar-refractivity contribution in [1.29, 1.82) is 0 Å². The lowest BCUT2D eigenvalue weighted by atomic mass is 9.99. The second kappa shape index (κ2) is 12.3. The Labute approximate surface area is 260 Å². The van der Waals surface area contributed by atoms with Crippen LogP contribution in [0.5, 0.6) is 5.75 Å². The van der Waals surface area contributed by atoms with Gasteiger partial charge in [-0.05, 0) is 48.9 Å². The zero-order valence-electron chi connectivity index (χ0n) is 24.9. The fraction of sp³-hybridized carbons (Fsp3) is 0.188. The van der Waals surface area contributed by atoms with Crippen molar-refractivity contribution in [1.82, 2.24) is 8.54 Å². The number of fused-ring (bicyclic) bond motifs is 1. The number of rotatable bonds is 11. The number of pyridine rings is 1. The number of anilines is 1. The topological polar surface area (TPSA) is 160 Å². The van der Waals surface area contributed by atoms with Gasteiger partial charge in [-0.25, -0.2) is 20.8 Å². The Kier molecular flexibility index (Phi) is 8.59. The summed E-state index contributed by atoms with van der Waals surface area (Å²) in [5.74, 6) is -0.375. The minimum atomic E-state index is -4.12. The molecule has 45 heavy (non-hydrogen) atoms. The van der Waals surface area contributed by atoms with E-state index in [1.807, 2.05) is 19.1 Å². The van der Waals surface area contributed by atoms with Crippen molar-refractivity contribution in [2.45, 2.75) is 24.1 Å². The molecule has 2 aromatic heterocycles. The van der Waals surface area contributed by atoms with Crippen LogP contribution in [0.3, 0.4) is 0 Å². The molecule has 3 aromatic carbocycles. The molecule has 5 rings (SSSR count). The normalized spacial score (nSPS) is 11.9. The van der Waals surface area contributed by atoms with Gasteiger partial charge in [0.25, 0.3) is 21.5 Å². The van der Waals surface area contributed by atoms with Crippen LogP contribution in [0.15, 0.2) is 94.9 Å². The van der Waals surface area contributed by atoms with E-state index in [0.717, 1.165) is 21.4 Å². The molecule has 0 saturated heterocycles. The zero-order chi connectivity index (χ0) is 32.5. The van der Waals surface area contributed by atoms with Crippen LogP contribution in [-0.2, 0) is 44.0 Å². The number of nitrogens with zero attached hydrogens (tertiary/aromatic N) is 2. The van der Waals surface area contributed by atoms with Crippen molar-refractivity contribution in [3.05, 3.63) is 112 Å². The predicted molar refractivity (Wildman–Crippen MR) is 173 cm³/mol. The second-order valence-electron chi connectivity index (χ2n) is 10.8. The van der Waals surface area contributed by atoms with Crippen LogP contribution in [-0.4, -0.2) is 44.1 Å². The summed E-state index contributed by atoms with van der Waals surface area (Å²) < 4.78 is 59.6. The number of aryl methyl sites for hydroxylation is 2. The van der Waals surface area contributed by atoms with E-state index in [4.69, 9.17) is 10.5 Å². The lowest BCUT2D eigenvalue weighted by Gasteiger charge is -2.17. The van der Waals surface area contributed by atoms with Crippen molar-refractivity contribution in [2.75, 3.05) is 18.2 Å². The first-order valence-corrected chi connectivity index (χ1v) is 17.3. The molecule has 0 saturated carbocycles. The van der Waals surface area contributed by atoms with Crippen LogP contribution < -0.4 is 21.3 Å². The Morgan fingerprint density at radius 2 is 1.67 bits per heavy atom. The summed E-state index contributed by atoms with van der Waals surface area (Å²) in [6.07, 6.45) is 4.09. The number of aromatic nitrogens is 2. The van der Waals surface area contributed by atoms with E-state index < -0.39 is 31.3 Å². The molecule has 0 spiro atoms. The number of carbonyl (C=O) groups excluding carboxylic acids is 1. The number of nitrogens with one attached hydrogen (secondary N) is 1. The lowest BCUT2D eigenvalue weighted by molar-refractivity contribution is -0.119. The van der Waals surface area contributed by atoms with E-state index in [9.17, 15) is 26.4 Å². The van der Waals surface area contributed by atoms with Crippen molar-refractivity contribution in [3.63, 3.8) is 0 Å². The monoisotopic (exact) mass is 648 g/mol. The summed E-state index contributed by atoms with van der Waals surface area (Å²) in [6, 6.07) is 20.2. The van der Waals surface area contributed by atoms with Gasteiger partial charge in [-0.15, -0.1) is 0 Å². The third kappa shape index (κ3) is 6.79. The molecule has 0 aliphatic rings. The summed E-state index contributed by atoms with van der Waals surface area (Å²) in [6.45, 7) is 1.81. The molecule has 2 heterocycles. The molecule has 0 fully saturated rings. The van der Waals surface area contributed by atoms with Gasteiger partial charge in [0.05, 0.1) is 10.6 Å². The molecule has 5 aromatic rings. The molecule has 3 N–H and O–H groups in total. The number of amides is 1. The number of carbonyl (C=O) groups is 1. The van der Waals surface area contributed by atoms with E-state index in [1.165, 1.54) is 29.9 Å². The maximum Gasteiger partial charge on any atom is 0.275 e. The molecule has 13 heteroatoms. The molecule has 0 atom stereocenters. The van der Waals surface area contributed by atoms with Gasteiger partial charge in [-0.3, -0.25) is 9.59 Å². The van der Waals surface area contributed by atoms with Crippen LogP contribution in [0.4, 0.5) is 5.69 Å². The fourth-order valence-electron chi connectivity index (χ4n) is 5.06. The van der Waals surface area contributed by atoms with E-state index in [0.29, 0.717) is 33.5 Å². The van der Waals surface area contributed by atoms with Crippen molar-refractivity contribution >= 4 is 42.4 Å². The van der Waals surface area contributed by atoms with E-state index in [1.54, 1.807) is 54.7 Å². The van der Waals surface area contributed by atoms with Gasteiger partial charge in [0, 0.05) is 60.0 Å². The smallest absolute Gasteiger partial charge is 0.275 e. The van der Waals surface area contributed by atoms with Crippen LogP contribution >= 0.6 is 0 Å². The van der Waals surface area contributed by atoms with E-state index in [-0.39, 0.29) is 29.3 Å². The molecule has 11 nitrogen and oxygen atoms in total. The molecule has 0 aliphatic heterocycles. The first-order valence-electron chi connectivity index (χ1n) is 13.8. The van der Waals surface area contributed by atoms with Crippen LogP contribution in [0.1, 0.15) is 16.7 Å².